The number of carbonyl (C=O) groups is 2. The lowest BCUT2D eigenvalue weighted by molar-refractivity contribution is -0.128. The molecule has 0 bridgehead atoms. The van der Waals surface area contributed by atoms with Crippen molar-refractivity contribution in [3.63, 3.8) is 0 Å². The van der Waals surface area contributed by atoms with Gasteiger partial charge in [0.05, 0.1) is 5.69 Å². The average Bonchev–Trinajstić information content (AvgIpc) is 3.37. The van der Waals surface area contributed by atoms with Gasteiger partial charge in [0.1, 0.15) is 10.0 Å². The van der Waals surface area contributed by atoms with Gasteiger partial charge in [-0.3, -0.25) is 14.4 Å². The van der Waals surface area contributed by atoms with Crippen LogP contribution in [0.15, 0.2) is 29.2 Å². The van der Waals surface area contributed by atoms with Crippen LogP contribution in [0.25, 0.3) is 0 Å². The first-order valence-electron chi connectivity index (χ1n) is 11.9. The van der Waals surface area contributed by atoms with Gasteiger partial charge in [-0.25, -0.2) is 13.2 Å². The van der Waals surface area contributed by atoms with Gasteiger partial charge in [-0.05, 0) is 57.2 Å². The fourth-order valence-corrected chi connectivity index (χ4v) is 7.08. The van der Waals surface area contributed by atoms with E-state index >= 15 is 0 Å². The van der Waals surface area contributed by atoms with Crippen molar-refractivity contribution in [3.05, 3.63) is 40.7 Å². The number of carbonyl (C=O) groups excluding carboxylic acids is 2. The minimum absolute atomic E-state index is 0.0292. The number of benzene rings is 1. The van der Waals surface area contributed by atoms with Crippen LogP contribution in [0.2, 0.25) is 5.15 Å². The van der Waals surface area contributed by atoms with E-state index in [4.69, 9.17) is 17.3 Å². The molecule has 0 radical (unpaired) electrons. The fraction of sp³-hybridized carbons (Fsp3) is 0.522. The number of amides is 3. The Bertz CT molecular complexity index is 1260. The molecule has 1 atom stereocenters. The van der Waals surface area contributed by atoms with Gasteiger partial charge in [-0.15, -0.1) is 0 Å². The Morgan fingerprint density at radius 2 is 1.83 bits per heavy atom. The molecule has 2 aromatic rings. The molecule has 3 amide bonds. The maximum atomic E-state index is 13.7. The highest BCUT2D eigenvalue weighted by Gasteiger charge is 2.48. The second kappa shape index (κ2) is 10.4. The Morgan fingerprint density at radius 3 is 2.44 bits per heavy atom. The number of anilines is 1. The van der Waals surface area contributed by atoms with Gasteiger partial charge >= 0.3 is 6.03 Å². The number of aryl methyl sites for hydroxylation is 3. The first kappa shape index (κ1) is 26.4. The maximum absolute atomic E-state index is 13.7. The molecule has 1 aromatic carbocycles. The summed E-state index contributed by atoms with van der Waals surface area (Å²) in [6.07, 6.45) is 1.52. The maximum Gasteiger partial charge on any atom is 0.323 e. The molecular weight excluding hydrogens is 506 g/mol. The minimum Gasteiger partial charge on any atom is -0.350 e. The van der Waals surface area contributed by atoms with Crippen LogP contribution in [-0.2, 0) is 21.9 Å². The van der Waals surface area contributed by atoms with Crippen LogP contribution >= 0.6 is 11.6 Å². The number of halogens is 1. The molecule has 2 aliphatic rings. The zero-order valence-electron chi connectivity index (χ0n) is 20.6. The zero-order chi connectivity index (χ0) is 26.2. The number of aromatic nitrogens is 2. The van der Waals surface area contributed by atoms with Crippen molar-refractivity contribution in [3.8, 4) is 0 Å². The Kier molecular flexibility index (Phi) is 7.60. The van der Waals surface area contributed by atoms with E-state index < -0.39 is 28.1 Å². The second-order valence-corrected chi connectivity index (χ2v) is 11.6. The first-order chi connectivity index (χ1) is 17.0. The number of hydrogen-bond acceptors (Lipinski definition) is 6. The van der Waals surface area contributed by atoms with Crippen molar-refractivity contribution >= 4 is 39.2 Å². The molecule has 1 aliphatic carbocycles. The van der Waals surface area contributed by atoms with Gasteiger partial charge in [0, 0.05) is 37.9 Å². The Balaban J connectivity index is 1.65. The molecule has 1 saturated heterocycles. The van der Waals surface area contributed by atoms with E-state index in [1.54, 1.807) is 18.2 Å². The van der Waals surface area contributed by atoms with Crippen LogP contribution in [-0.4, -0.2) is 70.7 Å². The van der Waals surface area contributed by atoms with Crippen LogP contribution in [0, 0.1) is 13.8 Å². The molecule has 1 unspecified atom stereocenters. The molecule has 1 saturated carbocycles. The quantitative estimate of drug-likeness (QED) is 0.532. The van der Waals surface area contributed by atoms with E-state index in [9.17, 15) is 18.0 Å². The summed E-state index contributed by atoms with van der Waals surface area (Å²) in [7, 11) is -2.71. The lowest BCUT2D eigenvalue weighted by atomic mass is 9.92. The predicted molar refractivity (Wildman–Crippen MR) is 136 cm³/mol. The lowest BCUT2D eigenvalue weighted by Crippen LogP contribution is -2.56. The molecule has 11 nitrogen and oxygen atoms in total. The number of sulfonamides is 1. The van der Waals surface area contributed by atoms with Crippen molar-refractivity contribution in [2.45, 2.75) is 62.7 Å². The van der Waals surface area contributed by atoms with Crippen molar-refractivity contribution in [2.75, 3.05) is 18.4 Å². The normalized spacial score (nSPS) is 23.0. The summed E-state index contributed by atoms with van der Waals surface area (Å²) in [6, 6.07) is 6.60. The smallest absolute Gasteiger partial charge is 0.323 e. The molecule has 0 spiro atoms. The van der Waals surface area contributed by atoms with Crippen molar-refractivity contribution in [2.24, 2.45) is 12.8 Å². The molecular formula is C23H32ClN7O4S. The summed E-state index contributed by atoms with van der Waals surface area (Å²) in [5.74, 6) is -0.561. The molecule has 4 N–H and O–H groups in total. The van der Waals surface area contributed by atoms with Gasteiger partial charge in [0.15, 0.2) is 6.17 Å². The second-order valence-electron chi connectivity index (χ2n) is 9.43. The highest BCUT2D eigenvalue weighted by atomic mass is 35.5. The monoisotopic (exact) mass is 537 g/mol. The van der Waals surface area contributed by atoms with Gasteiger partial charge in [0.25, 0.3) is 5.91 Å². The molecule has 1 aliphatic heterocycles. The van der Waals surface area contributed by atoms with Gasteiger partial charge < -0.3 is 16.4 Å². The summed E-state index contributed by atoms with van der Waals surface area (Å²) in [5.41, 5.74) is 7.70. The number of hydrogen-bond donors (Lipinski definition) is 3. The molecule has 13 heteroatoms. The lowest BCUT2D eigenvalue weighted by Gasteiger charge is -2.32. The molecule has 2 heterocycles. The zero-order valence-corrected chi connectivity index (χ0v) is 22.1. The molecule has 196 valence electrons. The van der Waals surface area contributed by atoms with Crippen molar-refractivity contribution in [1.82, 2.24) is 24.3 Å². The number of nitrogens with one attached hydrogen (secondary N) is 2. The standard InChI is InChI=1S/C23H32ClN7O4S/c1-14-5-4-6-18(13-14)27-23(33)30-11-12-31(36(34,35)19-15(2)28-29(3)20(19)24)22(30)21(32)26-17-9-7-16(25)8-10-17/h4-6,13,16-17,22H,7-12,25H2,1-3H3,(H,26,32)(H,27,33). The van der Waals surface area contributed by atoms with E-state index in [0.717, 1.165) is 22.7 Å². The number of urea groups is 1. The summed E-state index contributed by atoms with van der Waals surface area (Å²) < 4.78 is 29.8. The van der Waals surface area contributed by atoms with E-state index in [-0.39, 0.29) is 40.9 Å². The third-order valence-corrected chi connectivity index (χ3v) is 9.23. The van der Waals surface area contributed by atoms with Gasteiger partial charge in [0.2, 0.25) is 10.0 Å². The number of nitrogens with two attached hydrogens (primary N) is 1. The topological polar surface area (TPSA) is 143 Å². The third kappa shape index (κ3) is 5.22. The van der Waals surface area contributed by atoms with Crippen LogP contribution in [0.5, 0.6) is 0 Å². The Labute approximate surface area is 216 Å². The minimum atomic E-state index is -4.25. The van der Waals surface area contributed by atoms with Crippen molar-refractivity contribution < 1.29 is 18.0 Å². The van der Waals surface area contributed by atoms with E-state index in [1.165, 1.54) is 23.6 Å². The summed E-state index contributed by atoms with van der Waals surface area (Å²) in [5, 5.41) is 9.79. The average molecular weight is 538 g/mol. The molecule has 36 heavy (non-hydrogen) atoms. The van der Waals surface area contributed by atoms with Crippen LogP contribution in [0.4, 0.5) is 10.5 Å². The largest absolute Gasteiger partial charge is 0.350 e. The van der Waals surface area contributed by atoms with Gasteiger partial charge in [-0.2, -0.15) is 9.40 Å². The van der Waals surface area contributed by atoms with E-state index in [2.05, 4.69) is 15.7 Å². The number of nitrogens with zero attached hydrogens (tertiary/aromatic N) is 4. The fourth-order valence-electron chi connectivity index (χ4n) is 4.82. The van der Waals surface area contributed by atoms with Crippen LogP contribution < -0.4 is 16.4 Å². The SMILES string of the molecule is Cc1cccc(NC(=O)N2CCN(S(=O)(=O)c3c(C)nn(C)c3Cl)C2C(=O)NC2CCC(N)CC2)c1. The van der Waals surface area contributed by atoms with E-state index in [0.29, 0.717) is 18.5 Å². The Hall–Kier alpha value is -2.67. The summed E-state index contributed by atoms with van der Waals surface area (Å²) in [6.45, 7) is 3.40. The highest BCUT2D eigenvalue weighted by Crippen LogP contribution is 2.32. The number of rotatable bonds is 5. The molecule has 4 rings (SSSR count). The predicted octanol–water partition coefficient (Wildman–Crippen LogP) is 1.94. The molecule has 1 aromatic heterocycles. The van der Waals surface area contributed by atoms with E-state index in [1.807, 2.05) is 13.0 Å². The third-order valence-electron chi connectivity index (χ3n) is 6.68. The highest BCUT2D eigenvalue weighted by molar-refractivity contribution is 7.89. The summed E-state index contributed by atoms with van der Waals surface area (Å²) >= 11 is 6.28. The molecule has 2 fully saturated rings. The summed E-state index contributed by atoms with van der Waals surface area (Å²) in [4.78, 5) is 27.9. The van der Waals surface area contributed by atoms with Crippen LogP contribution in [0.3, 0.4) is 0 Å². The van der Waals surface area contributed by atoms with Crippen LogP contribution in [0.1, 0.15) is 36.9 Å². The first-order valence-corrected chi connectivity index (χ1v) is 13.7. The van der Waals surface area contributed by atoms with Gasteiger partial charge in [-0.1, -0.05) is 23.7 Å². The Morgan fingerprint density at radius 1 is 1.14 bits per heavy atom. The van der Waals surface area contributed by atoms with Crippen molar-refractivity contribution in [1.29, 1.82) is 0 Å².